The molecule has 0 saturated heterocycles. The van der Waals surface area contributed by atoms with E-state index < -0.39 is 11.7 Å². The van der Waals surface area contributed by atoms with Crippen molar-refractivity contribution in [1.29, 1.82) is 0 Å². The zero-order valence-corrected chi connectivity index (χ0v) is 12.9. The Labute approximate surface area is 134 Å². The largest absolute Gasteiger partial charge is 0.496 e. The van der Waals surface area contributed by atoms with Gasteiger partial charge in [-0.15, -0.1) is 0 Å². The van der Waals surface area contributed by atoms with Gasteiger partial charge >= 0.3 is 6.18 Å². The minimum atomic E-state index is -4.62. The van der Waals surface area contributed by atoms with Crippen molar-refractivity contribution in [1.82, 2.24) is 0 Å². The number of hydrogen-bond acceptors (Lipinski definition) is 3. The zero-order chi connectivity index (χ0) is 16.3. The summed E-state index contributed by atoms with van der Waals surface area (Å²) in [6.07, 6.45) is -4.29. The highest BCUT2D eigenvalue weighted by atomic mass is 35.5. The molecule has 0 saturated carbocycles. The van der Waals surface area contributed by atoms with Crippen molar-refractivity contribution in [2.24, 2.45) is 0 Å². The minimum absolute atomic E-state index is 0.123. The van der Waals surface area contributed by atoms with Crippen LogP contribution in [-0.4, -0.2) is 13.4 Å². The number of methoxy groups -OCH3 is 1. The normalized spacial score (nSPS) is 11.3. The van der Waals surface area contributed by atoms with Gasteiger partial charge in [-0.25, -0.2) is 0 Å². The summed E-state index contributed by atoms with van der Waals surface area (Å²) in [7, 11) is 1.43. The number of carbonyl (C=O) groups excluding carboxylic acids is 1. The number of hydrogen-bond donors (Lipinski definition) is 0. The van der Waals surface area contributed by atoms with E-state index in [-0.39, 0.29) is 15.5 Å². The molecule has 0 aromatic heterocycles. The average Bonchev–Trinajstić information content (AvgIpc) is 2.48. The van der Waals surface area contributed by atoms with E-state index in [9.17, 15) is 18.0 Å². The minimum Gasteiger partial charge on any atom is -0.496 e. The molecule has 0 atom stereocenters. The van der Waals surface area contributed by atoms with Crippen LogP contribution in [0.2, 0.25) is 5.02 Å². The third-order valence-electron chi connectivity index (χ3n) is 2.79. The van der Waals surface area contributed by atoms with Crippen molar-refractivity contribution < 1.29 is 22.7 Å². The predicted octanol–water partition coefficient (Wildman–Crippen LogP) is 5.33. The maximum atomic E-state index is 13.2. The monoisotopic (exact) mass is 346 g/mol. The van der Waals surface area contributed by atoms with E-state index in [0.717, 1.165) is 17.8 Å². The average molecular weight is 347 g/mol. The van der Waals surface area contributed by atoms with Crippen LogP contribution in [0.15, 0.2) is 46.2 Å². The first kappa shape index (κ1) is 16.7. The lowest BCUT2D eigenvalue weighted by molar-refractivity contribution is -0.139. The summed E-state index contributed by atoms with van der Waals surface area (Å²) in [5, 5.41) is -0.132. The Morgan fingerprint density at radius 1 is 1.23 bits per heavy atom. The topological polar surface area (TPSA) is 26.3 Å². The Hall–Kier alpha value is -1.66. The summed E-state index contributed by atoms with van der Waals surface area (Å²) >= 11 is 6.79. The standard InChI is InChI=1S/C15H10ClF3O2S/c1-21-12-4-2-3-5-13(12)22-14-10(15(17,18)19)6-9(8-20)7-11(14)16/h2-8H,1H3. The van der Waals surface area contributed by atoms with E-state index in [0.29, 0.717) is 16.9 Å². The highest BCUT2D eigenvalue weighted by Crippen LogP contribution is 2.45. The number of rotatable bonds is 4. The van der Waals surface area contributed by atoms with Gasteiger partial charge in [0.25, 0.3) is 0 Å². The fraction of sp³-hybridized carbons (Fsp3) is 0.133. The van der Waals surface area contributed by atoms with E-state index in [4.69, 9.17) is 16.3 Å². The van der Waals surface area contributed by atoms with Crippen LogP contribution in [0, 0.1) is 0 Å². The molecule has 0 N–H and O–H groups in total. The van der Waals surface area contributed by atoms with E-state index in [1.807, 2.05) is 0 Å². The Bertz CT molecular complexity index is 702. The van der Waals surface area contributed by atoms with E-state index in [1.165, 1.54) is 13.2 Å². The van der Waals surface area contributed by atoms with E-state index in [2.05, 4.69) is 0 Å². The Morgan fingerprint density at radius 3 is 2.50 bits per heavy atom. The van der Waals surface area contributed by atoms with Gasteiger partial charge in [0.15, 0.2) is 0 Å². The van der Waals surface area contributed by atoms with Gasteiger partial charge in [-0.2, -0.15) is 13.2 Å². The van der Waals surface area contributed by atoms with Crippen LogP contribution in [0.5, 0.6) is 5.75 Å². The summed E-state index contributed by atoms with van der Waals surface area (Å²) in [6, 6.07) is 8.67. The molecule has 0 spiro atoms. The molecule has 0 amide bonds. The quantitative estimate of drug-likeness (QED) is 0.700. The van der Waals surface area contributed by atoms with E-state index >= 15 is 0 Å². The van der Waals surface area contributed by atoms with Crippen molar-refractivity contribution in [3.8, 4) is 5.75 Å². The molecule has 0 aliphatic carbocycles. The molecule has 2 aromatic rings. The first-order valence-electron chi connectivity index (χ1n) is 6.03. The number of halogens is 4. The number of carbonyl (C=O) groups is 1. The Kier molecular flexibility index (Phi) is 5.03. The molecular weight excluding hydrogens is 337 g/mol. The fourth-order valence-electron chi connectivity index (χ4n) is 1.81. The lowest BCUT2D eigenvalue weighted by atomic mass is 10.1. The van der Waals surface area contributed by atoms with Crippen molar-refractivity contribution in [3.63, 3.8) is 0 Å². The van der Waals surface area contributed by atoms with Crippen molar-refractivity contribution >= 4 is 29.6 Å². The second-order valence-corrected chi connectivity index (χ2v) is 5.71. The molecule has 0 heterocycles. The van der Waals surface area contributed by atoms with Crippen molar-refractivity contribution in [3.05, 3.63) is 52.5 Å². The van der Waals surface area contributed by atoms with Gasteiger partial charge in [0.2, 0.25) is 0 Å². The lowest BCUT2D eigenvalue weighted by Gasteiger charge is -2.16. The smallest absolute Gasteiger partial charge is 0.417 e. The van der Waals surface area contributed by atoms with Gasteiger partial charge in [0, 0.05) is 10.5 Å². The van der Waals surface area contributed by atoms with Crippen LogP contribution < -0.4 is 4.74 Å². The van der Waals surface area contributed by atoms with Crippen molar-refractivity contribution in [2.75, 3.05) is 7.11 Å². The predicted molar refractivity (Wildman–Crippen MR) is 79.0 cm³/mol. The molecule has 2 aromatic carbocycles. The number of aldehydes is 1. The molecule has 7 heteroatoms. The molecule has 0 fully saturated rings. The maximum absolute atomic E-state index is 13.2. The third kappa shape index (κ3) is 3.56. The lowest BCUT2D eigenvalue weighted by Crippen LogP contribution is -2.08. The van der Waals surface area contributed by atoms with Crippen LogP contribution in [0.1, 0.15) is 15.9 Å². The van der Waals surface area contributed by atoms with Crippen LogP contribution >= 0.6 is 23.4 Å². The maximum Gasteiger partial charge on any atom is 0.417 e. The molecule has 2 rings (SSSR count). The molecule has 22 heavy (non-hydrogen) atoms. The van der Waals surface area contributed by atoms with Crippen LogP contribution in [0.25, 0.3) is 0 Å². The van der Waals surface area contributed by atoms with Gasteiger partial charge in [-0.3, -0.25) is 4.79 Å². The Morgan fingerprint density at radius 2 is 1.91 bits per heavy atom. The first-order chi connectivity index (χ1) is 10.4. The number of para-hydroxylation sites is 1. The second kappa shape index (κ2) is 6.62. The van der Waals surface area contributed by atoms with Crippen LogP contribution in [-0.2, 0) is 6.18 Å². The number of ether oxygens (including phenoxy) is 1. The van der Waals surface area contributed by atoms with Gasteiger partial charge in [0.1, 0.15) is 12.0 Å². The van der Waals surface area contributed by atoms with Crippen molar-refractivity contribution in [2.45, 2.75) is 16.0 Å². The molecule has 0 aliphatic heterocycles. The summed E-state index contributed by atoms with van der Waals surface area (Å²) in [4.78, 5) is 11.1. The summed E-state index contributed by atoms with van der Waals surface area (Å²) in [6.45, 7) is 0. The van der Waals surface area contributed by atoms with Gasteiger partial charge in [0.05, 0.1) is 22.6 Å². The van der Waals surface area contributed by atoms with Crippen LogP contribution in [0.3, 0.4) is 0 Å². The third-order valence-corrected chi connectivity index (χ3v) is 4.40. The highest BCUT2D eigenvalue weighted by Gasteiger charge is 2.35. The molecule has 0 bridgehead atoms. The number of benzene rings is 2. The summed E-state index contributed by atoms with van der Waals surface area (Å²) in [5.41, 5.74) is -1.07. The zero-order valence-electron chi connectivity index (χ0n) is 11.3. The van der Waals surface area contributed by atoms with Gasteiger partial charge in [-0.05, 0) is 24.3 Å². The molecule has 116 valence electrons. The molecule has 2 nitrogen and oxygen atoms in total. The SMILES string of the molecule is COc1ccccc1Sc1c(Cl)cc(C=O)cc1C(F)(F)F. The molecular formula is C15H10ClF3O2S. The highest BCUT2D eigenvalue weighted by molar-refractivity contribution is 7.99. The summed E-state index contributed by atoms with van der Waals surface area (Å²) < 4.78 is 44.8. The molecule has 0 aliphatic rings. The molecule has 0 radical (unpaired) electrons. The van der Waals surface area contributed by atoms with Gasteiger partial charge < -0.3 is 4.74 Å². The number of alkyl halides is 3. The van der Waals surface area contributed by atoms with Gasteiger partial charge in [-0.1, -0.05) is 35.5 Å². The second-order valence-electron chi connectivity index (χ2n) is 4.25. The molecule has 0 unspecified atom stereocenters. The van der Waals surface area contributed by atoms with Crippen LogP contribution in [0.4, 0.5) is 13.2 Å². The summed E-state index contributed by atoms with van der Waals surface area (Å²) in [5.74, 6) is 0.441. The fourth-order valence-corrected chi connectivity index (χ4v) is 3.21. The van der Waals surface area contributed by atoms with E-state index in [1.54, 1.807) is 24.3 Å². The Balaban J connectivity index is 2.57. The first-order valence-corrected chi connectivity index (χ1v) is 7.23.